The van der Waals surface area contributed by atoms with Gasteiger partial charge in [-0.1, -0.05) is 18.2 Å². The second-order valence-corrected chi connectivity index (χ2v) is 6.58. The molecule has 1 atom stereocenters. The number of amides is 2. The monoisotopic (exact) mass is 402 g/mol. The average Bonchev–Trinajstić information content (AvgIpc) is 2.72. The van der Waals surface area contributed by atoms with Crippen LogP contribution in [-0.2, 0) is 22.6 Å². The number of ether oxygens (including phenoxy) is 2. The van der Waals surface area contributed by atoms with Crippen LogP contribution in [0.5, 0.6) is 11.5 Å². The zero-order valence-electron chi connectivity index (χ0n) is 17.2. The number of nitrogens with zero attached hydrogens (tertiary/aromatic N) is 1. The highest BCUT2D eigenvalue weighted by Gasteiger charge is 2.26. The van der Waals surface area contributed by atoms with Crippen LogP contribution in [0, 0.1) is 5.82 Å². The summed E-state index contributed by atoms with van der Waals surface area (Å²) < 4.78 is 23.7. The lowest BCUT2D eigenvalue weighted by Gasteiger charge is -2.29. The number of nitrogens with one attached hydrogen (secondary N) is 1. The Bertz CT molecular complexity index is 839. The first-order valence-electron chi connectivity index (χ1n) is 9.42. The number of hydrogen-bond acceptors (Lipinski definition) is 4. The van der Waals surface area contributed by atoms with E-state index in [1.807, 2.05) is 6.92 Å². The van der Waals surface area contributed by atoms with Gasteiger partial charge in [0.15, 0.2) is 11.5 Å². The Kier molecular flexibility index (Phi) is 8.00. The number of benzene rings is 2. The third kappa shape index (κ3) is 5.94. The topological polar surface area (TPSA) is 67.9 Å². The first-order chi connectivity index (χ1) is 13.9. The zero-order valence-corrected chi connectivity index (χ0v) is 17.2. The smallest absolute Gasteiger partial charge is 0.242 e. The summed E-state index contributed by atoms with van der Waals surface area (Å²) in [4.78, 5) is 27.0. The summed E-state index contributed by atoms with van der Waals surface area (Å²) in [7, 11) is 3.07. The maximum Gasteiger partial charge on any atom is 0.242 e. The Hall–Kier alpha value is -3.09. The molecule has 2 amide bonds. The molecule has 0 saturated carbocycles. The fraction of sp³-hybridized carbons (Fsp3) is 0.364. The summed E-state index contributed by atoms with van der Waals surface area (Å²) in [5.41, 5.74) is 1.48. The number of likely N-dealkylation sites (N-methyl/N-ethyl adjacent to an activating group) is 1. The standard InChI is InChI=1S/C22H27FN2O4/c1-5-24-22(27)15(2)25(14-16-6-9-18(23)10-7-16)21(26)13-17-8-11-19(28-3)20(12-17)29-4/h6-12,15H,5,13-14H2,1-4H3,(H,24,27)/t15-/m0/s1. The second-order valence-electron chi connectivity index (χ2n) is 6.58. The van der Waals surface area contributed by atoms with E-state index in [0.29, 0.717) is 18.0 Å². The molecule has 29 heavy (non-hydrogen) atoms. The maximum atomic E-state index is 13.2. The number of methoxy groups -OCH3 is 2. The molecule has 0 fully saturated rings. The number of carbonyl (C=O) groups is 2. The van der Waals surface area contributed by atoms with Gasteiger partial charge in [-0.25, -0.2) is 4.39 Å². The molecule has 0 aliphatic carbocycles. The quantitative estimate of drug-likeness (QED) is 0.700. The number of rotatable bonds is 9. The van der Waals surface area contributed by atoms with Crippen LogP contribution in [-0.4, -0.2) is 43.5 Å². The first kappa shape index (κ1) is 22.2. The van der Waals surface area contributed by atoms with Crippen molar-refractivity contribution in [1.29, 1.82) is 0 Å². The molecule has 0 aliphatic heterocycles. The fourth-order valence-electron chi connectivity index (χ4n) is 2.96. The molecule has 0 bridgehead atoms. The van der Waals surface area contributed by atoms with Gasteiger partial charge in [0.25, 0.3) is 0 Å². The van der Waals surface area contributed by atoms with Crippen molar-refractivity contribution < 1.29 is 23.5 Å². The minimum atomic E-state index is -0.673. The van der Waals surface area contributed by atoms with E-state index in [0.717, 1.165) is 11.1 Å². The second kappa shape index (κ2) is 10.5. The molecule has 7 heteroatoms. The highest BCUT2D eigenvalue weighted by molar-refractivity contribution is 5.88. The van der Waals surface area contributed by atoms with Crippen molar-refractivity contribution in [2.45, 2.75) is 32.9 Å². The molecule has 1 N–H and O–H groups in total. The van der Waals surface area contributed by atoms with Crippen LogP contribution in [0.1, 0.15) is 25.0 Å². The highest BCUT2D eigenvalue weighted by Crippen LogP contribution is 2.28. The van der Waals surface area contributed by atoms with Gasteiger partial charge in [-0.15, -0.1) is 0 Å². The third-order valence-corrected chi connectivity index (χ3v) is 4.59. The molecule has 0 heterocycles. The molecule has 0 aromatic heterocycles. The Labute approximate surface area is 170 Å². The van der Waals surface area contributed by atoms with Gasteiger partial charge in [0.2, 0.25) is 11.8 Å². The van der Waals surface area contributed by atoms with E-state index < -0.39 is 6.04 Å². The van der Waals surface area contributed by atoms with Crippen LogP contribution in [0.25, 0.3) is 0 Å². The summed E-state index contributed by atoms with van der Waals surface area (Å²) in [6, 6.07) is 10.5. The lowest BCUT2D eigenvalue weighted by atomic mass is 10.1. The molecular weight excluding hydrogens is 375 g/mol. The molecule has 0 saturated heterocycles. The van der Waals surface area contributed by atoms with Gasteiger partial charge < -0.3 is 19.7 Å². The molecule has 2 aromatic rings. The normalized spacial score (nSPS) is 11.5. The number of carbonyl (C=O) groups excluding carboxylic acids is 2. The molecule has 156 valence electrons. The van der Waals surface area contributed by atoms with Crippen LogP contribution in [0.15, 0.2) is 42.5 Å². The van der Waals surface area contributed by atoms with E-state index in [4.69, 9.17) is 9.47 Å². The van der Waals surface area contributed by atoms with E-state index in [9.17, 15) is 14.0 Å². The van der Waals surface area contributed by atoms with Gasteiger partial charge >= 0.3 is 0 Å². The number of halogens is 1. The van der Waals surface area contributed by atoms with E-state index in [-0.39, 0.29) is 30.6 Å². The van der Waals surface area contributed by atoms with E-state index in [1.165, 1.54) is 24.1 Å². The molecule has 0 unspecified atom stereocenters. The van der Waals surface area contributed by atoms with Crippen molar-refractivity contribution in [3.8, 4) is 11.5 Å². The predicted molar refractivity (Wildman–Crippen MR) is 108 cm³/mol. The highest BCUT2D eigenvalue weighted by atomic mass is 19.1. The fourth-order valence-corrected chi connectivity index (χ4v) is 2.96. The van der Waals surface area contributed by atoms with E-state index in [1.54, 1.807) is 44.4 Å². The van der Waals surface area contributed by atoms with Crippen LogP contribution < -0.4 is 14.8 Å². The van der Waals surface area contributed by atoms with Crippen LogP contribution in [0.2, 0.25) is 0 Å². The minimum Gasteiger partial charge on any atom is -0.493 e. The van der Waals surface area contributed by atoms with Crippen molar-refractivity contribution in [3.05, 3.63) is 59.4 Å². The predicted octanol–water partition coefficient (Wildman–Crippen LogP) is 2.94. The molecule has 2 rings (SSSR count). The first-order valence-corrected chi connectivity index (χ1v) is 9.42. The van der Waals surface area contributed by atoms with Gasteiger partial charge in [0.05, 0.1) is 20.6 Å². The Balaban J connectivity index is 2.25. The zero-order chi connectivity index (χ0) is 21.4. The van der Waals surface area contributed by atoms with Gasteiger partial charge in [-0.05, 0) is 49.2 Å². The molecule has 0 radical (unpaired) electrons. The van der Waals surface area contributed by atoms with Crippen molar-refractivity contribution in [1.82, 2.24) is 10.2 Å². The van der Waals surface area contributed by atoms with Crippen molar-refractivity contribution in [3.63, 3.8) is 0 Å². The summed E-state index contributed by atoms with van der Waals surface area (Å²) in [6.07, 6.45) is 0.0886. The van der Waals surface area contributed by atoms with E-state index >= 15 is 0 Å². The average molecular weight is 402 g/mol. The summed E-state index contributed by atoms with van der Waals surface area (Å²) in [5.74, 6) is 0.284. The summed E-state index contributed by atoms with van der Waals surface area (Å²) in [5, 5.41) is 2.74. The Morgan fingerprint density at radius 1 is 1.03 bits per heavy atom. The lowest BCUT2D eigenvalue weighted by Crippen LogP contribution is -2.48. The summed E-state index contributed by atoms with van der Waals surface area (Å²) >= 11 is 0. The van der Waals surface area contributed by atoms with Crippen LogP contribution in [0.4, 0.5) is 4.39 Å². The van der Waals surface area contributed by atoms with E-state index in [2.05, 4.69) is 5.32 Å². The lowest BCUT2D eigenvalue weighted by molar-refractivity contribution is -0.140. The molecule has 6 nitrogen and oxygen atoms in total. The van der Waals surface area contributed by atoms with Gasteiger partial charge in [-0.3, -0.25) is 9.59 Å². The Morgan fingerprint density at radius 3 is 2.24 bits per heavy atom. The van der Waals surface area contributed by atoms with Gasteiger partial charge in [-0.2, -0.15) is 0 Å². The largest absolute Gasteiger partial charge is 0.493 e. The number of hydrogen-bond donors (Lipinski definition) is 1. The van der Waals surface area contributed by atoms with Crippen LogP contribution in [0.3, 0.4) is 0 Å². The summed E-state index contributed by atoms with van der Waals surface area (Å²) in [6.45, 7) is 4.17. The van der Waals surface area contributed by atoms with Crippen molar-refractivity contribution >= 4 is 11.8 Å². The Morgan fingerprint density at radius 2 is 1.66 bits per heavy atom. The van der Waals surface area contributed by atoms with Crippen molar-refractivity contribution in [2.24, 2.45) is 0 Å². The van der Waals surface area contributed by atoms with Gasteiger partial charge in [0.1, 0.15) is 11.9 Å². The molecule has 0 aliphatic rings. The van der Waals surface area contributed by atoms with Crippen molar-refractivity contribution in [2.75, 3.05) is 20.8 Å². The molecular formula is C22H27FN2O4. The minimum absolute atomic E-state index is 0.0886. The SMILES string of the molecule is CCNC(=O)[C@H](C)N(Cc1ccc(F)cc1)C(=O)Cc1ccc(OC)c(OC)c1. The molecule has 0 spiro atoms. The van der Waals surface area contributed by atoms with Gasteiger partial charge in [0, 0.05) is 13.1 Å². The third-order valence-electron chi connectivity index (χ3n) is 4.59. The van der Waals surface area contributed by atoms with Crippen LogP contribution >= 0.6 is 0 Å². The maximum absolute atomic E-state index is 13.2. The molecule has 2 aromatic carbocycles.